The van der Waals surface area contributed by atoms with Crippen LogP contribution in [0.1, 0.15) is 20.7 Å². The van der Waals surface area contributed by atoms with Crippen molar-refractivity contribution in [3.8, 4) is 17.2 Å². The summed E-state index contributed by atoms with van der Waals surface area (Å²) in [6, 6.07) is 6.99. The number of ether oxygens (including phenoxy) is 3. The largest absolute Gasteiger partial charge is 0.493 e. The minimum atomic E-state index is -0.716. The zero-order valence-corrected chi connectivity index (χ0v) is 16.4. The maximum atomic E-state index is 13.7. The Morgan fingerprint density at radius 2 is 1.54 bits per heavy atom. The molecule has 2 aromatic carbocycles. The van der Waals surface area contributed by atoms with E-state index in [1.54, 1.807) is 0 Å². The van der Waals surface area contributed by atoms with Gasteiger partial charge in [-0.2, -0.15) is 0 Å². The molecule has 0 radical (unpaired) electrons. The Labute approximate surface area is 166 Å². The Balaban J connectivity index is 1.97. The fourth-order valence-electron chi connectivity index (χ4n) is 2.47. The van der Waals surface area contributed by atoms with Crippen molar-refractivity contribution >= 4 is 23.4 Å². The number of carbonyl (C=O) groups excluding carboxylic acids is 2. The third-order valence-corrected chi connectivity index (χ3v) is 4.13. The van der Waals surface area contributed by atoms with Gasteiger partial charge >= 0.3 is 0 Å². The van der Waals surface area contributed by atoms with Crippen molar-refractivity contribution in [2.75, 3.05) is 34.4 Å². The summed E-state index contributed by atoms with van der Waals surface area (Å²) in [4.78, 5) is 24.4. The monoisotopic (exact) mass is 410 g/mol. The van der Waals surface area contributed by atoms with Gasteiger partial charge in [0.15, 0.2) is 11.5 Å². The smallest absolute Gasteiger partial charge is 0.255 e. The van der Waals surface area contributed by atoms with Gasteiger partial charge in [-0.3, -0.25) is 9.59 Å². The molecular weight excluding hydrogens is 391 g/mol. The molecule has 0 saturated carbocycles. The summed E-state index contributed by atoms with van der Waals surface area (Å²) in [5.41, 5.74) is 0.0538. The number of hydrogen-bond donors (Lipinski definition) is 2. The number of carbonyl (C=O) groups is 2. The number of rotatable bonds is 8. The van der Waals surface area contributed by atoms with Gasteiger partial charge in [0.2, 0.25) is 5.75 Å². The van der Waals surface area contributed by atoms with Gasteiger partial charge in [0.25, 0.3) is 11.8 Å². The van der Waals surface area contributed by atoms with Crippen LogP contribution in [0.3, 0.4) is 0 Å². The highest BCUT2D eigenvalue weighted by atomic mass is 35.5. The zero-order valence-electron chi connectivity index (χ0n) is 15.6. The lowest BCUT2D eigenvalue weighted by molar-refractivity contribution is 0.0925. The van der Waals surface area contributed by atoms with E-state index >= 15 is 0 Å². The van der Waals surface area contributed by atoms with Crippen molar-refractivity contribution in [2.45, 2.75) is 0 Å². The molecule has 150 valence electrons. The molecule has 0 spiro atoms. The summed E-state index contributed by atoms with van der Waals surface area (Å²) in [5, 5.41) is 5.16. The Morgan fingerprint density at radius 3 is 2.04 bits per heavy atom. The lowest BCUT2D eigenvalue weighted by Crippen LogP contribution is -2.35. The molecule has 2 N–H and O–H groups in total. The first-order valence-electron chi connectivity index (χ1n) is 8.23. The maximum absolute atomic E-state index is 13.7. The summed E-state index contributed by atoms with van der Waals surface area (Å²) >= 11 is 5.84. The molecule has 0 aromatic heterocycles. The standard InChI is InChI=1S/C19H20ClFN2O5/c1-26-14-9-11(10-15(27-2)17(14)28-3)18(24)22-7-8-23-19(25)16-12(20)5-4-6-13(16)21/h4-6,9-10H,7-8H2,1-3H3,(H,22,24)(H,23,25). The van der Waals surface area contributed by atoms with E-state index in [0.29, 0.717) is 17.2 Å². The first-order chi connectivity index (χ1) is 13.4. The topological polar surface area (TPSA) is 85.9 Å². The van der Waals surface area contributed by atoms with E-state index in [2.05, 4.69) is 10.6 Å². The number of amides is 2. The molecule has 0 unspecified atom stereocenters. The van der Waals surface area contributed by atoms with Gasteiger partial charge in [-0.25, -0.2) is 4.39 Å². The van der Waals surface area contributed by atoms with E-state index in [1.807, 2.05) is 0 Å². The number of benzene rings is 2. The lowest BCUT2D eigenvalue weighted by Gasteiger charge is -2.14. The summed E-state index contributed by atoms with van der Waals surface area (Å²) in [6.07, 6.45) is 0. The van der Waals surface area contributed by atoms with E-state index < -0.39 is 17.6 Å². The van der Waals surface area contributed by atoms with Crippen LogP contribution in [0.5, 0.6) is 17.2 Å². The van der Waals surface area contributed by atoms with Crippen molar-refractivity contribution in [3.05, 3.63) is 52.3 Å². The fraction of sp³-hybridized carbons (Fsp3) is 0.263. The maximum Gasteiger partial charge on any atom is 0.255 e. The van der Waals surface area contributed by atoms with Crippen molar-refractivity contribution < 1.29 is 28.2 Å². The molecule has 2 amide bonds. The van der Waals surface area contributed by atoms with Gasteiger partial charge in [-0.1, -0.05) is 17.7 Å². The minimum Gasteiger partial charge on any atom is -0.493 e. The molecule has 9 heteroatoms. The number of hydrogen-bond acceptors (Lipinski definition) is 5. The lowest BCUT2D eigenvalue weighted by atomic mass is 10.1. The molecule has 0 aliphatic heterocycles. The first-order valence-corrected chi connectivity index (χ1v) is 8.61. The second kappa shape index (κ2) is 9.80. The molecule has 0 saturated heterocycles. The first kappa shape index (κ1) is 21.3. The van der Waals surface area contributed by atoms with Crippen LogP contribution in [-0.4, -0.2) is 46.2 Å². The Morgan fingerprint density at radius 1 is 0.964 bits per heavy atom. The van der Waals surface area contributed by atoms with Gasteiger partial charge in [-0.05, 0) is 24.3 Å². The van der Waals surface area contributed by atoms with Crippen molar-refractivity contribution in [3.63, 3.8) is 0 Å². The molecule has 7 nitrogen and oxygen atoms in total. The second-order valence-electron chi connectivity index (χ2n) is 5.52. The fourth-order valence-corrected chi connectivity index (χ4v) is 2.72. The molecule has 0 atom stereocenters. The predicted molar refractivity (Wildman–Crippen MR) is 102 cm³/mol. The van der Waals surface area contributed by atoms with Gasteiger partial charge in [0.1, 0.15) is 5.82 Å². The third-order valence-electron chi connectivity index (χ3n) is 3.81. The SMILES string of the molecule is COc1cc(C(=O)NCCNC(=O)c2c(F)cccc2Cl)cc(OC)c1OC. The second-order valence-corrected chi connectivity index (χ2v) is 5.93. The third kappa shape index (κ3) is 4.83. The zero-order chi connectivity index (χ0) is 20.7. The number of halogens is 2. The number of methoxy groups -OCH3 is 3. The average molecular weight is 411 g/mol. The molecular formula is C19H20ClFN2O5. The van der Waals surface area contributed by atoms with Crippen LogP contribution in [0.4, 0.5) is 4.39 Å². The number of nitrogens with one attached hydrogen (secondary N) is 2. The Bertz CT molecular complexity index is 830. The van der Waals surface area contributed by atoms with E-state index in [0.717, 1.165) is 6.07 Å². The van der Waals surface area contributed by atoms with Crippen LogP contribution in [-0.2, 0) is 0 Å². The van der Waals surface area contributed by atoms with E-state index in [9.17, 15) is 14.0 Å². The highest BCUT2D eigenvalue weighted by Gasteiger charge is 2.17. The van der Waals surface area contributed by atoms with Crippen molar-refractivity contribution in [1.82, 2.24) is 10.6 Å². The van der Waals surface area contributed by atoms with Crippen molar-refractivity contribution in [1.29, 1.82) is 0 Å². The van der Waals surface area contributed by atoms with Gasteiger partial charge in [0, 0.05) is 18.7 Å². The van der Waals surface area contributed by atoms with Crippen LogP contribution < -0.4 is 24.8 Å². The molecule has 0 bridgehead atoms. The van der Waals surface area contributed by atoms with Gasteiger partial charge in [0.05, 0.1) is 31.9 Å². The van der Waals surface area contributed by atoms with Crippen LogP contribution >= 0.6 is 11.6 Å². The molecule has 28 heavy (non-hydrogen) atoms. The summed E-state index contributed by atoms with van der Waals surface area (Å²) in [7, 11) is 4.36. The summed E-state index contributed by atoms with van der Waals surface area (Å²) in [6.45, 7) is 0.201. The molecule has 0 heterocycles. The average Bonchev–Trinajstić information content (AvgIpc) is 2.69. The molecule has 2 aromatic rings. The Kier molecular flexibility index (Phi) is 7.45. The van der Waals surface area contributed by atoms with E-state index in [4.69, 9.17) is 25.8 Å². The van der Waals surface area contributed by atoms with Crippen LogP contribution in [0.15, 0.2) is 30.3 Å². The summed E-state index contributed by atoms with van der Waals surface area (Å²) < 4.78 is 29.3. The van der Waals surface area contributed by atoms with Gasteiger partial charge in [-0.15, -0.1) is 0 Å². The molecule has 0 aliphatic carbocycles. The van der Waals surface area contributed by atoms with Crippen molar-refractivity contribution in [2.24, 2.45) is 0 Å². The van der Waals surface area contributed by atoms with E-state index in [-0.39, 0.29) is 29.2 Å². The Hall–Kier alpha value is -3.00. The van der Waals surface area contributed by atoms with E-state index in [1.165, 1.54) is 45.6 Å². The normalized spacial score (nSPS) is 10.2. The molecule has 0 fully saturated rings. The highest BCUT2D eigenvalue weighted by molar-refractivity contribution is 6.33. The quantitative estimate of drug-likeness (QED) is 0.653. The predicted octanol–water partition coefficient (Wildman–Crippen LogP) is 2.66. The van der Waals surface area contributed by atoms with Crippen LogP contribution in [0, 0.1) is 5.82 Å². The van der Waals surface area contributed by atoms with Gasteiger partial charge < -0.3 is 24.8 Å². The van der Waals surface area contributed by atoms with Crippen LogP contribution in [0.25, 0.3) is 0 Å². The minimum absolute atomic E-state index is 0.0129. The van der Waals surface area contributed by atoms with Crippen LogP contribution in [0.2, 0.25) is 5.02 Å². The summed E-state index contributed by atoms with van der Waals surface area (Å²) in [5.74, 6) is -0.728. The molecule has 0 aliphatic rings. The highest BCUT2D eigenvalue weighted by Crippen LogP contribution is 2.38. The molecule has 2 rings (SSSR count).